The number of carboxylic acid groups (broad SMARTS) is 1. The Hall–Kier alpha value is -4.28. The molecule has 0 radical (unpaired) electrons. The Bertz CT molecular complexity index is 1140. The van der Waals surface area contributed by atoms with Gasteiger partial charge in [-0.05, 0) is 22.3 Å². The van der Waals surface area contributed by atoms with E-state index in [9.17, 15) is 19.5 Å². The molecule has 4 N–H and O–H groups in total. The number of nitrogens with one attached hydrogen (secondary N) is 3. The Morgan fingerprint density at radius 1 is 1.09 bits per heavy atom. The highest BCUT2D eigenvalue weighted by atomic mass is 16.5. The van der Waals surface area contributed by atoms with Gasteiger partial charge in [-0.15, -0.1) is 10.2 Å². The lowest BCUT2D eigenvalue weighted by atomic mass is 9.98. The summed E-state index contributed by atoms with van der Waals surface area (Å²) in [5.74, 6) is -1.89. The number of aromatic amines is 1. The maximum Gasteiger partial charge on any atom is 0.407 e. The normalized spacial score (nSPS) is 13.9. The molecule has 0 aliphatic heterocycles. The fourth-order valence-electron chi connectivity index (χ4n) is 4.01. The fraction of sp³-hybridized carbons (Fsp3) is 0.304. The first-order valence-corrected chi connectivity index (χ1v) is 10.8. The average molecular weight is 464 g/mol. The molecule has 0 saturated carbocycles. The first kappa shape index (κ1) is 22.9. The van der Waals surface area contributed by atoms with E-state index in [2.05, 4.69) is 31.3 Å². The summed E-state index contributed by atoms with van der Waals surface area (Å²) in [5.41, 5.74) is 4.27. The van der Waals surface area contributed by atoms with Crippen LogP contribution in [-0.4, -0.2) is 62.9 Å². The van der Waals surface area contributed by atoms with Gasteiger partial charge >= 0.3 is 12.1 Å². The number of aliphatic carboxylic acids is 1. The number of carbonyl (C=O) groups is 3. The van der Waals surface area contributed by atoms with E-state index in [1.54, 1.807) is 6.92 Å². The molecule has 0 fully saturated rings. The number of H-pyrrole nitrogens is 1. The van der Waals surface area contributed by atoms with Crippen LogP contribution in [0.2, 0.25) is 0 Å². The molecule has 1 heterocycles. The summed E-state index contributed by atoms with van der Waals surface area (Å²) in [7, 11) is 0. The smallest absolute Gasteiger partial charge is 0.407 e. The van der Waals surface area contributed by atoms with Crippen molar-refractivity contribution in [2.75, 3.05) is 13.2 Å². The molecule has 0 saturated heterocycles. The number of hydrogen-bond acceptors (Lipinski definition) is 7. The monoisotopic (exact) mass is 464 g/mol. The summed E-state index contributed by atoms with van der Waals surface area (Å²) in [6.45, 7) is 1.97. The SMILES string of the molecule is CC(CNC(=O)C(CC(=O)O)NC(=O)OCC1c2ccccc2-c2ccccc21)c1nn[nH]n1. The third-order valence-electron chi connectivity index (χ3n) is 5.72. The first-order chi connectivity index (χ1) is 16.4. The van der Waals surface area contributed by atoms with Crippen molar-refractivity contribution in [3.05, 3.63) is 65.5 Å². The average Bonchev–Trinajstić information content (AvgIpc) is 3.47. The molecule has 11 heteroatoms. The van der Waals surface area contributed by atoms with Crippen molar-refractivity contribution in [2.24, 2.45) is 0 Å². The molecule has 11 nitrogen and oxygen atoms in total. The van der Waals surface area contributed by atoms with Crippen molar-refractivity contribution < 1.29 is 24.2 Å². The molecule has 1 aliphatic rings. The number of ether oxygens (including phenoxy) is 1. The van der Waals surface area contributed by atoms with Gasteiger partial charge in [-0.2, -0.15) is 5.21 Å². The lowest BCUT2D eigenvalue weighted by Crippen LogP contribution is -2.48. The number of amides is 2. The molecule has 34 heavy (non-hydrogen) atoms. The van der Waals surface area contributed by atoms with Gasteiger partial charge in [-0.1, -0.05) is 60.7 Å². The summed E-state index contributed by atoms with van der Waals surface area (Å²) in [4.78, 5) is 36.3. The van der Waals surface area contributed by atoms with Crippen LogP contribution in [0.5, 0.6) is 0 Å². The third-order valence-corrected chi connectivity index (χ3v) is 5.72. The van der Waals surface area contributed by atoms with Gasteiger partial charge in [0.05, 0.1) is 6.42 Å². The van der Waals surface area contributed by atoms with Gasteiger partial charge in [-0.3, -0.25) is 9.59 Å². The van der Waals surface area contributed by atoms with Crippen molar-refractivity contribution >= 4 is 18.0 Å². The van der Waals surface area contributed by atoms with Crippen molar-refractivity contribution in [1.82, 2.24) is 31.3 Å². The fourth-order valence-corrected chi connectivity index (χ4v) is 4.01. The lowest BCUT2D eigenvalue weighted by molar-refractivity contribution is -0.139. The summed E-state index contributed by atoms with van der Waals surface area (Å²) in [6.07, 6.45) is -1.46. The molecule has 4 rings (SSSR count). The van der Waals surface area contributed by atoms with Gasteiger partial charge in [0.2, 0.25) is 5.91 Å². The summed E-state index contributed by atoms with van der Waals surface area (Å²) >= 11 is 0. The minimum atomic E-state index is -1.30. The number of fused-ring (bicyclic) bond motifs is 3. The van der Waals surface area contributed by atoms with E-state index in [0.717, 1.165) is 22.3 Å². The predicted molar refractivity (Wildman–Crippen MR) is 120 cm³/mol. The number of carboxylic acids is 1. The Balaban J connectivity index is 1.37. The van der Waals surface area contributed by atoms with Gasteiger partial charge in [0.25, 0.3) is 0 Å². The number of hydrogen-bond donors (Lipinski definition) is 4. The highest BCUT2D eigenvalue weighted by Crippen LogP contribution is 2.44. The van der Waals surface area contributed by atoms with E-state index in [0.29, 0.717) is 5.82 Å². The van der Waals surface area contributed by atoms with Crippen LogP contribution in [0.1, 0.15) is 42.1 Å². The number of benzene rings is 2. The zero-order valence-corrected chi connectivity index (χ0v) is 18.4. The maximum absolute atomic E-state index is 12.6. The number of nitrogens with zero attached hydrogens (tertiary/aromatic N) is 3. The molecular formula is C23H24N6O5. The van der Waals surface area contributed by atoms with Crippen LogP contribution in [-0.2, 0) is 14.3 Å². The maximum atomic E-state index is 12.6. The highest BCUT2D eigenvalue weighted by molar-refractivity contribution is 5.89. The van der Waals surface area contributed by atoms with Gasteiger partial charge in [0.15, 0.2) is 5.82 Å². The molecule has 1 aromatic heterocycles. The summed E-state index contributed by atoms with van der Waals surface area (Å²) in [6, 6.07) is 14.5. The van der Waals surface area contributed by atoms with E-state index < -0.39 is 30.4 Å². The summed E-state index contributed by atoms with van der Waals surface area (Å²) in [5, 5.41) is 27.7. The van der Waals surface area contributed by atoms with Crippen LogP contribution in [0.25, 0.3) is 11.1 Å². The number of aromatic nitrogens is 4. The molecule has 176 valence electrons. The number of tetrazole rings is 1. The zero-order valence-electron chi connectivity index (χ0n) is 18.4. The second-order valence-electron chi connectivity index (χ2n) is 8.04. The van der Waals surface area contributed by atoms with Gasteiger partial charge in [0.1, 0.15) is 12.6 Å². The quantitative estimate of drug-likeness (QED) is 0.373. The number of rotatable bonds is 9. The van der Waals surface area contributed by atoms with Gasteiger partial charge < -0.3 is 20.5 Å². The van der Waals surface area contributed by atoms with Crippen molar-refractivity contribution in [2.45, 2.75) is 31.2 Å². The number of alkyl carbamates (subject to hydrolysis) is 1. The molecule has 0 spiro atoms. The van der Waals surface area contributed by atoms with Crippen LogP contribution < -0.4 is 10.6 Å². The van der Waals surface area contributed by atoms with Crippen LogP contribution in [0, 0.1) is 0 Å². The minimum Gasteiger partial charge on any atom is -0.481 e. The zero-order chi connectivity index (χ0) is 24.1. The Morgan fingerprint density at radius 3 is 2.32 bits per heavy atom. The molecule has 0 bridgehead atoms. The van der Waals surface area contributed by atoms with E-state index in [4.69, 9.17) is 4.74 Å². The minimum absolute atomic E-state index is 0.0517. The molecule has 2 atom stereocenters. The molecule has 2 unspecified atom stereocenters. The van der Waals surface area contributed by atoms with E-state index >= 15 is 0 Å². The Kier molecular flexibility index (Phi) is 6.81. The largest absolute Gasteiger partial charge is 0.481 e. The van der Waals surface area contributed by atoms with Gasteiger partial charge in [0, 0.05) is 18.4 Å². The van der Waals surface area contributed by atoms with E-state index in [1.165, 1.54) is 0 Å². The van der Waals surface area contributed by atoms with Crippen molar-refractivity contribution in [3.8, 4) is 11.1 Å². The Morgan fingerprint density at radius 2 is 1.74 bits per heavy atom. The van der Waals surface area contributed by atoms with E-state index in [1.807, 2.05) is 48.5 Å². The summed E-state index contributed by atoms with van der Waals surface area (Å²) < 4.78 is 5.43. The topological polar surface area (TPSA) is 159 Å². The van der Waals surface area contributed by atoms with Crippen molar-refractivity contribution in [1.29, 1.82) is 0 Å². The van der Waals surface area contributed by atoms with Crippen LogP contribution in [0.15, 0.2) is 48.5 Å². The molecular weight excluding hydrogens is 440 g/mol. The third kappa shape index (κ3) is 5.03. The second kappa shape index (κ2) is 10.1. The van der Waals surface area contributed by atoms with Crippen LogP contribution in [0.4, 0.5) is 4.79 Å². The van der Waals surface area contributed by atoms with Crippen LogP contribution in [0.3, 0.4) is 0 Å². The molecule has 1 aliphatic carbocycles. The highest BCUT2D eigenvalue weighted by Gasteiger charge is 2.30. The van der Waals surface area contributed by atoms with Gasteiger partial charge in [-0.25, -0.2) is 4.79 Å². The van der Waals surface area contributed by atoms with Crippen molar-refractivity contribution in [3.63, 3.8) is 0 Å². The van der Waals surface area contributed by atoms with Crippen LogP contribution >= 0.6 is 0 Å². The lowest BCUT2D eigenvalue weighted by Gasteiger charge is -2.19. The number of carbonyl (C=O) groups excluding carboxylic acids is 2. The molecule has 3 aromatic rings. The molecule has 2 amide bonds. The molecule has 2 aromatic carbocycles. The predicted octanol–water partition coefficient (Wildman–Crippen LogP) is 1.80. The Labute approximate surface area is 194 Å². The second-order valence-corrected chi connectivity index (χ2v) is 8.04. The standard InChI is InChI=1S/C23H24N6O5/c1-13(21-26-28-29-27-21)11-24-22(32)19(10-20(30)31)25-23(33)34-12-18-16-8-4-2-6-14(16)15-7-3-5-9-17(15)18/h2-9,13,18-19H,10-12H2,1H3,(H,24,32)(H,25,33)(H,30,31)(H,26,27,28,29). The van der Waals surface area contributed by atoms with E-state index in [-0.39, 0.29) is 25.0 Å². The first-order valence-electron chi connectivity index (χ1n) is 10.8.